The molecule has 0 radical (unpaired) electrons. The van der Waals surface area contributed by atoms with Gasteiger partial charge in [-0.05, 0) is 32.1 Å². The lowest BCUT2D eigenvalue weighted by atomic mass is 10.2. The molecule has 2 atom stereocenters. The van der Waals surface area contributed by atoms with Crippen molar-refractivity contribution in [1.29, 1.82) is 0 Å². The number of carbonyl (C=O) groups excluding carboxylic acids is 1. The van der Waals surface area contributed by atoms with Gasteiger partial charge in [0.25, 0.3) is 0 Å². The Morgan fingerprint density at radius 1 is 1.24 bits per heavy atom. The molecule has 0 bridgehead atoms. The summed E-state index contributed by atoms with van der Waals surface area (Å²) < 4.78 is 23.3. The molecule has 98 valence electrons. The highest BCUT2D eigenvalue weighted by Crippen LogP contribution is 2.29. The van der Waals surface area contributed by atoms with Crippen LogP contribution in [0.4, 0.5) is 4.79 Å². The third-order valence-electron chi connectivity index (χ3n) is 3.69. The van der Waals surface area contributed by atoms with E-state index >= 15 is 0 Å². The lowest BCUT2D eigenvalue weighted by molar-refractivity contribution is 0.191. The number of nitrogens with zero attached hydrogens (tertiary/aromatic N) is 1. The Labute approximate surface area is 102 Å². The van der Waals surface area contributed by atoms with Crippen LogP contribution in [0.3, 0.4) is 0 Å². The molecule has 6 heteroatoms. The average Bonchev–Trinajstić information content (AvgIpc) is 2.89. The second kappa shape index (κ2) is 4.48. The number of rotatable bonds is 3. The first-order valence-corrected chi connectivity index (χ1v) is 8.07. The van der Waals surface area contributed by atoms with Gasteiger partial charge in [-0.25, -0.2) is 13.2 Å². The first-order valence-electron chi connectivity index (χ1n) is 6.12. The first-order chi connectivity index (χ1) is 7.89. The summed E-state index contributed by atoms with van der Waals surface area (Å²) in [5.74, 6) is 0. The van der Waals surface area contributed by atoms with Gasteiger partial charge in [0.1, 0.15) is 0 Å². The third kappa shape index (κ3) is 2.91. The number of hydrogen-bond acceptors (Lipinski definition) is 3. The van der Waals surface area contributed by atoms with Gasteiger partial charge in [0.05, 0.1) is 5.25 Å². The predicted molar refractivity (Wildman–Crippen MR) is 65.6 cm³/mol. The molecule has 0 saturated heterocycles. The van der Waals surface area contributed by atoms with E-state index in [9.17, 15) is 13.2 Å². The molecule has 0 spiro atoms. The molecule has 2 fully saturated rings. The average molecular weight is 260 g/mol. The largest absolute Gasteiger partial charge is 0.335 e. The second-order valence-corrected chi connectivity index (χ2v) is 7.47. The highest BCUT2D eigenvalue weighted by atomic mass is 32.2. The Balaban J connectivity index is 2.01. The lowest BCUT2D eigenvalue weighted by Gasteiger charge is -2.29. The summed E-state index contributed by atoms with van der Waals surface area (Å²) in [6.45, 7) is 0. The summed E-state index contributed by atoms with van der Waals surface area (Å²) in [5, 5.41) is 2.50. The van der Waals surface area contributed by atoms with Crippen LogP contribution >= 0.6 is 0 Å². The lowest BCUT2D eigenvalue weighted by Crippen LogP contribution is -2.49. The van der Waals surface area contributed by atoms with Crippen LogP contribution in [0.25, 0.3) is 0 Å². The predicted octanol–water partition coefficient (Wildman–Crippen LogP) is 0.756. The Kier molecular flexibility index (Phi) is 3.34. The van der Waals surface area contributed by atoms with Crippen LogP contribution in [-0.2, 0) is 9.84 Å². The summed E-state index contributed by atoms with van der Waals surface area (Å²) in [4.78, 5) is 13.5. The zero-order valence-electron chi connectivity index (χ0n) is 10.3. The van der Waals surface area contributed by atoms with Gasteiger partial charge in [0.15, 0.2) is 9.84 Å². The van der Waals surface area contributed by atoms with E-state index < -0.39 is 15.1 Å². The van der Waals surface area contributed by atoms with E-state index in [2.05, 4.69) is 5.32 Å². The number of carbonyl (C=O) groups is 1. The molecular formula is C11H20N2O3S. The minimum Gasteiger partial charge on any atom is -0.335 e. The smallest absolute Gasteiger partial charge is 0.317 e. The molecule has 17 heavy (non-hydrogen) atoms. The monoisotopic (exact) mass is 260 g/mol. The quantitative estimate of drug-likeness (QED) is 0.814. The maximum absolute atomic E-state index is 11.9. The molecule has 0 unspecified atom stereocenters. The van der Waals surface area contributed by atoms with Gasteiger partial charge in [-0.2, -0.15) is 0 Å². The number of hydrogen-bond donors (Lipinski definition) is 1. The van der Waals surface area contributed by atoms with Gasteiger partial charge in [-0.3, -0.25) is 0 Å². The van der Waals surface area contributed by atoms with Crippen LogP contribution < -0.4 is 5.32 Å². The third-order valence-corrected chi connectivity index (χ3v) is 5.34. The molecule has 2 saturated carbocycles. The summed E-state index contributed by atoms with van der Waals surface area (Å²) in [7, 11) is -1.36. The zero-order chi connectivity index (χ0) is 12.6. The Hall–Kier alpha value is -0.780. The molecule has 0 aromatic carbocycles. The zero-order valence-corrected chi connectivity index (χ0v) is 11.2. The van der Waals surface area contributed by atoms with Gasteiger partial charge < -0.3 is 10.2 Å². The normalized spacial score (nSPS) is 29.1. The maximum atomic E-state index is 11.9. The number of nitrogens with one attached hydrogen (secondary N) is 1. The van der Waals surface area contributed by atoms with Crippen LogP contribution in [0.2, 0.25) is 0 Å². The molecule has 2 rings (SSSR count). The van der Waals surface area contributed by atoms with Crippen LogP contribution in [0, 0.1) is 0 Å². The maximum Gasteiger partial charge on any atom is 0.317 e. The summed E-state index contributed by atoms with van der Waals surface area (Å²) in [6, 6.07) is 0.0137. The van der Waals surface area contributed by atoms with Crippen molar-refractivity contribution in [3.8, 4) is 0 Å². The fourth-order valence-electron chi connectivity index (χ4n) is 2.50. The fourth-order valence-corrected chi connectivity index (χ4v) is 3.99. The topological polar surface area (TPSA) is 66.5 Å². The van der Waals surface area contributed by atoms with E-state index in [1.165, 1.54) is 6.26 Å². The van der Waals surface area contributed by atoms with Crippen molar-refractivity contribution < 1.29 is 13.2 Å². The summed E-state index contributed by atoms with van der Waals surface area (Å²) >= 11 is 0. The number of urea groups is 1. The van der Waals surface area contributed by atoms with Crippen molar-refractivity contribution in [2.45, 2.75) is 49.4 Å². The molecule has 2 amide bonds. The Bertz CT molecular complexity index is 403. The number of sulfone groups is 1. The van der Waals surface area contributed by atoms with E-state index in [1.807, 2.05) is 0 Å². The van der Waals surface area contributed by atoms with Gasteiger partial charge in [0.2, 0.25) is 0 Å². The molecular weight excluding hydrogens is 240 g/mol. The molecule has 0 aliphatic heterocycles. The van der Waals surface area contributed by atoms with Gasteiger partial charge in [0, 0.05) is 25.4 Å². The van der Waals surface area contributed by atoms with Crippen molar-refractivity contribution in [1.82, 2.24) is 10.2 Å². The van der Waals surface area contributed by atoms with E-state index in [1.54, 1.807) is 11.9 Å². The number of amides is 2. The van der Waals surface area contributed by atoms with E-state index in [0.29, 0.717) is 12.5 Å². The van der Waals surface area contributed by atoms with Gasteiger partial charge in [-0.1, -0.05) is 0 Å². The standard InChI is InChI=1S/C11H20N2O3S/c1-13(11(14)12-8-6-7-8)9-4-3-5-10(9)17(2,15)16/h8-10H,3-7H2,1-2H3,(H,12,14)/t9-,10+/m0/s1. The van der Waals surface area contributed by atoms with Crippen molar-refractivity contribution in [3.05, 3.63) is 0 Å². The van der Waals surface area contributed by atoms with Crippen molar-refractivity contribution in [3.63, 3.8) is 0 Å². The van der Waals surface area contributed by atoms with Gasteiger partial charge >= 0.3 is 6.03 Å². The fraction of sp³-hybridized carbons (Fsp3) is 0.909. The Morgan fingerprint density at radius 2 is 1.88 bits per heavy atom. The molecule has 1 N–H and O–H groups in total. The highest BCUT2D eigenvalue weighted by Gasteiger charge is 2.39. The van der Waals surface area contributed by atoms with Crippen molar-refractivity contribution >= 4 is 15.9 Å². The van der Waals surface area contributed by atoms with Crippen molar-refractivity contribution in [2.75, 3.05) is 13.3 Å². The minimum absolute atomic E-state index is 0.131. The van der Waals surface area contributed by atoms with Crippen LogP contribution in [0.5, 0.6) is 0 Å². The molecule has 2 aliphatic rings. The van der Waals surface area contributed by atoms with Crippen LogP contribution in [0.1, 0.15) is 32.1 Å². The molecule has 2 aliphatic carbocycles. The SMILES string of the molecule is CN(C(=O)NC1CC1)[C@H]1CCC[C@H]1S(C)(=O)=O. The first kappa shape index (κ1) is 12.7. The summed E-state index contributed by atoms with van der Waals surface area (Å²) in [5.41, 5.74) is 0. The van der Waals surface area contributed by atoms with E-state index in [-0.39, 0.29) is 12.1 Å². The van der Waals surface area contributed by atoms with Gasteiger partial charge in [-0.15, -0.1) is 0 Å². The minimum atomic E-state index is -3.06. The Morgan fingerprint density at radius 3 is 2.41 bits per heavy atom. The van der Waals surface area contributed by atoms with Crippen LogP contribution in [0.15, 0.2) is 0 Å². The second-order valence-electron chi connectivity index (χ2n) is 5.20. The summed E-state index contributed by atoms with van der Waals surface area (Å²) in [6.07, 6.45) is 5.68. The molecule has 0 aromatic rings. The van der Waals surface area contributed by atoms with E-state index in [0.717, 1.165) is 25.7 Å². The van der Waals surface area contributed by atoms with Crippen LogP contribution in [-0.4, -0.2) is 50.0 Å². The molecule has 0 heterocycles. The molecule has 5 nitrogen and oxygen atoms in total. The van der Waals surface area contributed by atoms with Crippen molar-refractivity contribution in [2.24, 2.45) is 0 Å². The highest BCUT2D eigenvalue weighted by molar-refractivity contribution is 7.91. The van der Waals surface area contributed by atoms with E-state index in [4.69, 9.17) is 0 Å². The molecule has 0 aromatic heterocycles.